The molecular formula is C25H26FN7S. The Bertz CT molecular complexity index is 1380. The van der Waals surface area contributed by atoms with Crippen LogP contribution in [0.5, 0.6) is 0 Å². The van der Waals surface area contributed by atoms with Crippen molar-refractivity contribution in [1.82, 2.24) is 29.3 Å². The van der Waals surface area contributed by atoms with Crippen LogP contribution in [-0.4, -0.2) is 49.4 Å². The molecule has 0 aliphatic heterocycles. The summed E-state index contributed by atoms with van der Waals surface area (Å²) in [6.07, 6.45) is 11.5. The highest BCUT2D eigenvalue weighted by Gasteiger charge is 2.26. The van der Waals surface area contributed by atoms with Crippen molar-refractivity contribution in [2.24, 2.45) is 0 Å². The summed E-state index contributed by atoms with van der Waals surface area (Å²) in [6.45, 7) is 2.10. The third kappa shape index (κ3) is 4.08. The summed E-state index contributed by atoms with van der Waals surface area (Å²) in [4.78, 5) is 7.22. The fraction of sp³-hybridized carbons (Fsp3) is 0.360. The van der Waals surface area contributed by atoms with Crippen LogP contribution in [0.1, 0.15) is 43.0 Å². The van der Waals surface area contributed by atoms with E-state index in [1.54, 1.807) is 16.8 Å². The van der Waals surface area contributed by atoms with E-state index in [9.17, 15) is 9.65 Å². The second kappa shape index (κ2) is 9.20. The lowest BCUT2D eigenvalue weighted by Crippen LogP contribution is -2.33. The van der Waals surface area contributed by atoms with Gasteiger partial charge in [0.1, 0.15) is 11.1 Å². The van der Waals surface area contributed by atoms with E-state index < -0.39 is 5.82 Å². The molecule has 4 aromatic rings. The minimum absolute atomic E-state index is 0.261. The number of hydrogen-bond acceptors (Lipinski definition) is 6. The molecule has 5 rings (SSSR count). The number of nitrogens with zero attached hydrogens (tertiary/aromatic N) is 7. The number of rotatable bonds is 5. The minimum Gasteiger partial charge on any atom is -0.306 e. The fourth-order valence-electron chi connectivity index (χ4n) is 4.84. The third-order valence-electron chi connectivity index (χ3n) is 6.73. The van der Waals surface area contributed by atoms with Crippen LogP contribution >= 0.6 is 11.8 Å². The lowest BCUT2D eigenvalue weighted by molar-refractivity contribution is 0.188. The molecule has 4 heterocycles. The number of pyridine rings is 2. The Kier molecular flexibility index (Phi) is 6.11. The maximum Gasteiger partial charge on any atom is 0.155 e. The average molecular weight is 476 g/mol. The molecule has 0 N–H and O–H groups in total. The molecule has 0 spiro atoms. The molecule has 174 valence electrons. The van der Waals surface area contributed by atoms with Gasteiger partial charge in [-0.3, -0.25) is 4.68 Å². The molecule has 7 nitrogen and oxygen atoms in total. The van der Waals surface area contributed by atoms with Gasteiger partial charge in [-0.1, -0.05) is 11.8 Å². The van der Waals surface area contributed by atoms with Crippen LogP contribution in [0.4, 0.5) is 4.39 Å². The molecule has 0 atom stereocenters. The second-order valence-corrected chi connectivity index (χ2v) is 9.99. The third-order valence-corrected chi connectivity index (χ3v) is 7.75. The highest BCUT2D eigenvalue weighted by Crippen LogP contribution is 2.38. The SMILES string of the molecule is Cc1c(-c2cc(Sc3ncccc3F)c3c(C#N)cnn3c2)cnn1[C@H]1CC[C@@H](N(C)C)CC1. The maximum absolute atomic E-state index is 14.4. The highest BCUT2D eigenvalue weighted by atomic mass is 32.2. The summed E-state index contributed by atoms with van der Waals surface area (Å²) < 4.78 is 18.2. The molecule has 0 saturated heterocycles. The Morgan fingerprint density at radius 3 is 2.68 bits per heavy atom. The van der Waals surface area contributed by atoms with Crippen LogP contribution in [0.25, 0.3) is 16.6 Å². The zero-order valence-electron chi connectivity index (χ0n) is 19.4. The molecule has 0 radical (unpaired) electrons. The maximum atomic E-state index is 14.4. The molecule has 0 amide bonds. The first-order valence-corrected chi connectivity index (χ1v) is 12.2. The monoisotopic (exact) mass is 475 g/mol. The second-order valence-electron chi connectivity index (χ2n) is 8.96. The predicted molar refractivity (Wildman–Crippen MR) is 129 cm³/mol. The number of aromatic nitrogens is 5. The normalized spacial score (nSPS) is 18.5. The van der Waals surface area contributed by atoms with Crippen LogP contribution in [0, 0.1) is 24.1 Å². The van der Waals surface area contributed by atoms with Gasteiger partial charge in [0.15, 0.2) is 5.82 Å². The van der Waals surface area contributed by atoms with Gasteiger partial charge in [0.25, 0.3) is 0 Å². The van der Waals surface area contributed by atoms with Gasteiger partial charge in [-0.2, -0.15) is 15.5 Å². The molecule has 9 heteroatoms. The molecule has 34 heavy (non-hydrogen) atoms. The predicted octanol–water partition coefficient (Wildman–Crippen LogP) is 5.11. The zero-order chi connectivity index (χ0) is 23.8. The zero-order valence-corrected chi connectivity index (χ0v) is 20.3. The van der Waals surface area contributed by atoms with E-state index in [0.717, 1.165) is 34.6 Å². The first-order chi connectivity index (χ1) is 16.5. The Morgan fingerprint density at radius 1 is 1.18 bits per heavy atom. The van der Waals surface area contributed by atoms with Gasteiger partial charge < -0.3 is 4.90 Å². The van der Waals surface area contributed by atoms with Crippen molar-refractivity contribution in [3.63, 3.8) is 0 Å². The molecule has 0 unspecified atom stereocenters. The summed E-state index contributed by atoms with van der Waals surface area (Å²) in [5.74, 6) is -0.397. The number of nitriles is 1. The molecular weight excluding hydrogens is 449 g/mol. The van der Waals surface area contributed by atoms with Crippen molar-refractivity contribution in [3.05, 3.63) is 60.1 Å². The van der Waals surface area contributed by atoms with Gasteiger partial charge in [-0.05, 0) is 64.9 Å². The molecule has 1 aliphatic rings. The summed E-state index contributed by atoms with van der Waals surface area (Å²) in [7, 11) is 4.30. The lowest BCUT2D eigenvalue weighted by Gasteiger charge is -2.33. The Labute approximate surface area is 202 Å². The summed E-state index contributed by atoms with van der Waals surface area (Å²) in [5, 5.41) is 19.0. The number of fused-ring (bicyclic) bond motifs is 1. The topological polar surface area (TPSA) is 75.0 Å². The minimum atomic E-state index is -0.397. The first kappa shape index (κ1) is 22.6. The Morgan fingerprint density at radius 2 is 1.97 bits per heavy atom. The number of hydrogen-bond donors (Lipinski definition) is 0. The van der Waals surface area contributed by atoms with E-state index >= 15 is 0 Å². The molecule has 1 fully saturated rings. The van der Waals surface area contributed by atoms with Crippen molar-refractivity contribution in [2.45, 2.75) is 54.6 Å². The quantitative estimate of drug-likeness (QED) is 0.399. The van der Waals surface area contributed by atoms with E-state index in [0.29, 0.717) is 23.2 Å². The summed E-state index contributed by atoms with van der Waals surface area (Å²) in [6, 6.07) is 8.14. The van der Waals surface area contributed by atoms with Crippen LogP contribution in [0.15, 0.2) is 52.9 Å². The summed E-state index contributed by atoms with van der Waals surface area (Å²) >= 11 is 1.20. The van der Waals surface area contributed by atoms with Crippen molar-refractivity contribution in [2.75, 3.05) is 14.1 Å². The van der Waals surface area contributed by atoms with Gasteiger partial charge in [0.05, 0.1) is 29.5 Å². The van der Waals surface area contributed by atoms with E-state index in [1.165, 1.54) is 36.9 Å². The van der Waals surface area contributed by atoms with Gasteiger partial charge in [0.2, 0.25) is 0 Å². The van der Waals surface area contributed by atoms with Crippen LogP contribution < -0.4 is 0 Å². The summed E-state index contributed by atoms with van der Waals surface area (Å²) in [5.41, 5.74) is 4.11. The Hall–Kier alpha value is -3.22. The van der Waals surface area contributed by atoms with Crippen LogP contribution in [-0.2, 0) is 0 Å². The van der Waals surface area contributed by atoms with Gasteiger partial charge >= 0.3 is 0 Å². The van der Waals surface area contributed by atoms with Gasteiger partial charge in [-0.25, -0.2) is 13.9 Å². The van der Waals surface area contributed by atoms with Gasteiger partial charge in [0, 0.05) is 40.2 Å². The molecule has 4 aromatic heterocycles. The van der Waals surface area contributed by atoms with Crippen LogP contribution in [0.3, 0.4) is 0 Å². The van der Waals surface area contributed by atoms with E-state index in [4.69, 9.17) is 5.10 Å². The van der Waals surface area contributed by atoms with Crippen molar-refractivity contribution >= 4 is 17.3 Å². The Balaban J connectivity index is 1.53. The molecule has 1 aliphatic carbocycles. The van der Waals surface area contributed by atoms with E-state index in [2.05, 4.69) is 46.8 Å². The lowest BCUT2D eigenvalue weighted by atomic mass is 9.90. The smallest absolute Gasteiger partial charge is 0.155 e. The largest absolute Gasteiger partial charge is 0.306 e. The standard InChI is InChI=1S/C25H26FN7S/c1-16-21(14-30-33(16)20-8-6-19(7-9-20)31(2)3)17-11-23(34-25-22(26)5-4-10-28-25)24-18(12-27)13-29-32(24)15-17/h4-5,10-11,13-15,19-20H,6-9H2,1-3H3/t19-,20+. The number of halogens is 1. The highest BCUT2D eigenvalue weighted by molar-refractivity contribution is 7.99. The average Bonchev–Trinajstić information content (AvgIpc) is 3.44. The molecule has 0 bridgehead atoms. The van der Waals surface area contributed by atoms with Gasteiger partial charge in [-0.15, -0.1) is 0 Å². The van der Waals surface area contributed by atoms with Crippen molar-refractivity contribution < 1.29 is 4.39 Å². The van der Waals surface area contributed by atoms with Crippen molar-refractivity contribution in [1.29, 1.82) is 5.26 Å². The van der Waals surface area contributed by atoms with E-state index in [1.807, 2.05) is 18.5 Å². The first-order valence-electron chi connectivity index (χ1n) is 11.4. The van der Waals surface area contributed by atoms with E-state index in [-0.39, 0.29) is 5.03 Å². The van der Waals surface area contributed by atoms with Crippen LogP contribution in [0.2, 0.25) is 0 Å². The molecule has 1 saturated carbocycles. The fourth-order valence-corrected chi connectivity index (χ4v) is 5.81. The molecule has 0 aromatic carbocycles. The van der Waals surface area contributed by atoms with Crippen molar-refractivity contribution in [3.8, 4) is 17.2 Å².